The number of nitrogens with one attached hydrogen (secondary N) is 3. The largest absolute Gasteiger partial charge is 0.335 e. The maximum atomic E-state index is 12.6. The molecule has 1 fully saturated rings. The average molecular weight is 376 g/mol. The first-order valence-corrected chi connectivity index (χ1v) is 9.40. The Hall–Kier alpha value is -3.03. The Morgan fingerprint density at radius 2 is 1.89 bits per heavy atom. The number of hydrogen-bond donors (Lipinski definition) is 3. The summed E-state index contributed by atoms with van der Waals surface area (Å²) in [6.45, 7) is 4.73. The molecule has 3 heterocycles. The van der Waals surface area contributed by atoms with Gasteiger partial charge < -0.3 is 5.32 Å². The molecule has 3 N–H and O–H groups in total. The van der Waals surface area contributed by atoms with Crippen LogP contribution in [0.15, 0.2) is 54.9 Å². The zero-order valence-electron chi connectivity index (χ0n) is 16.0. The van der Waals surface area contributed by atoms with Gasteiger partial charge in [0.1, 0.15) is 0 Å². The van der Waals surface area contributed by atoms with Crippen LogP contribution in [-0.2, 0) is 6.54 Å². The van der Waals surface area contributed by atoms with Crippen molar-refractivity contribution < 1.29 is 4.79 Å². The van der Waals surface area contributed by atoms with Crippen LogP contribution in [0.3, 0.4) is 0 Å². The smallest absolute Gasteiger partial charge is 0.252 e. The summed E-state index contributed by atoms with van der Waals surface area (Å²) in [4.78, 5) is 16.6. The predicted molar refractivity (Wildman–Crippen MR) is 106 cm³/mol. The highest BCUT2D eigenvalue weighted by Gasteiger charge is 2.26. The molecule has 4 rings (SSSR count). The number of carbonyl (C=O) groups is 1. The third kappa shape index (κ3) is 4.11. The second-order valence-corrected chi connectivity index (χ2v) is 7.17. The molecule has 0 radical (unpaired) electrons. The average Bonchev–Trinajstić information content (AvgIpc) is 3.29. The number of nitrogens with zero attached hydrogens (tertiary/aromatic N) is 3. The van der Waals surface area contributed by atoms with Crippen LogP contribution in [0.1, 0.15) is 45.3 Å². The Bertz CT molecular complexity index is 951. The molecule has 3 aromatic rings. The third-order valence-electron chi connectivity index (χ3n) is 4.97. The van der Waals surface area contributed by atoms with E-state index in [-0.39, 0.29) is 18.1 Å². The summed E-state index contributed by atoms with van der Waals surface area (Å²) in [7, 11) is 0. The minimum Gasteiger partial charge on any atom is -0.335 e. The molecule has 7 heteroatoms. The highest BCUT2D eigenvalue weighted by Crippen LogP contribution is 2.20. The van der Waals surface area contributed by atoms with E-state index in [0.29, 0.717) is 12.1 Å². The van der Waals surface area contributed by atoms with E-state index in [4.69, 9.17) is 0 Å². The monoisotopic (exact) mass is 376 g/mol. The van der Waals surface area contributed by atoms with Crippen LogP contribution in [0.5, 0.6) is 0 Å². The Morgan fingerprint density at radius 1 is 1.14 bits per heavy atom. The first kappa shape index (κ1) is 18.3. The van der Waals surface area contributed by atoms with Crippen LogP contribution in [0.2, 0.25) is 0 Å². The molecule has 0 spiro atoms. The molecular weight excluding hydrogens is 352 g/mol. The Balaban J connectivity index is 1.34. The molecule has 28 heavy (non-hydrogen) atoms. The van der Waals surface area contributed by atoms with Crippen molar-refractivity contribution in [3.63, 3.8) is 0 Å². The fourth-order valence-corrected chi connectivity index (χ4v) is 3.48. The van der Waals surface area contributed by atoms with Crippen molar-refractivity contribution in [2.75, 3.05) is 0 Å². The van der Waals surface area contributed by atoms with Gasteiger partial charge in [-0.05, 0) is 55.3 Å². The molecular formula is C21H24N6O. The molecule has 0 aliphatic carbocycles. The summed E-state index contributed by atoms with van der Waals surface area (Å²) in [5.74, 6) is -0.0904. The lowest BCUT2D eigenvalue weighted by molar-refractivity contribution is 0.0932. The molecule has 7 nitrogen and oxygen atoms in total. The van der Waals surface area contributed by atoms with E-state index in [1.54, 1.807) is 12.4 Å². The molecule has 2 aromatic heterocycles. The molecule has 1 amide bonds. The maximum absolute atomic E-state index is 12.6. The van der Waals surface area contributed by atoms with E-state index in [0.717, 1.165) is 28.9 Å². The number of aromatic nitrogens is 3. The lowest BCUT2D eigenvalue weighted by Gasteiger charge is -2.13. The van der Waals surface area contributed by atoms with E-state index in [2.05, 4.69) is 32.3 Å². The minimum absolute atomic E-state index is 0.0904. The van der Waals surface area contributed by atoms with E-state index in [1.165, 1.54) is 0 Å². The van der Waals surface area contributed by atoms with Crippen molar-refractivity contribution >= 4 is 5.91 Å². The Morgan fingerprint density at radius 3 is 2.57 bits per heavy atom. The predicted octanol–water partition coefficient (Wildman–Crippen LogP) is 2.24. The number of rotatable bonds is 5. The normalized spacial score (nSPS) is 18.9. The summed E-state index contributed by atoms with van der Waals surface area (Å²) >= 11 is 0. The minimum atomic E-state index is -0.125. The molecule has 0 bridgehead atoms. The summed E-state index contributed by atoms with van der Waals surface area (Å²) < 4.78 is 1.97. The van der Waals surface area contributed by atoms with Crippen molar-refractivity contribution in [3.05, 3.63) is 82.9 Å². The van der Waals surface area contributed by atoms with Gasteiger partial charge in [-0.1, -0.05) is 12.1 Å². The number of carbonyl (C=O) groups excluding carboxylic acids is 1. The molecule has 2 atom stereocenters. The van der Waals surface area contributed by atoms with Crippen molar-refractivity contribution in [2.24, 2.45) is 0 Å². The van der Waals surface area contributed by atoms with Crippen molar-refractivity contribution in [1.82, 2.24) is 30.9 Å². The lowest BCUT2D eigenvalue weighted by Crippen LogP contribution is -2.44. The van der Waals surface area contributed by atoms with Crippen LogP contribution in [0.25, 0.3) is 0 Å². The van der Waals surface area contributed by atoms with Gasteiger partial charge in [-0.25, -0.2) is 10.9 Å². The van der Waals surface area contributed by atoms with E-state index in [9.17, 15) is 4.79 Å². The number of hydrogen-bond acceptors (Lipinski definition) is 5. The zero-order chi connectivity index (χ0) is 19.5. The fraction of sp³-hybridized carbons (Fsp3) is 0.286. The van der Waals surface area contributed by atoms with E-state index in [1.807, 2.05) is 54.9 Å². The van der Waals surface area contributed by atoms with E-state index < -0.39 is 0 Å². The Labute approximate surface area is 164 Å². The standard InChI is InChI=1S/C21H24N6O/c1-14-11-15(2)27(26-14)13-16-3-5-18(6-4-16)21(28)23-20-12-19(24-25-20)17-7-9-22-10-8-17/h3-11,19-20,24-25H,12-13H2,1-2H3,(H,23,28). The second kappa shape index (κ2) is 7.92. The third-order valence-corrected chi connectivity index (χ3v) is 4.97. The SMILES string of the molecule is Cc1cc(C)n(Cc2ccc(C(=O)NC3CC(c4ccncc4)NN3)cc2)n1. The maximum Gasteiger partial charge on any atom is 0.252 e. The van der Waals surface area contributed by atoms with Gasteiger partial charge in [0.25, 0.3) is 5.91 Å². The van der Waals surface area contributed by atoms with Gasteiger partial charge in [0.15, 0.2) is 0 Å². The van der Waals surface area contributed by atoms with Crippen LogP contribution in [0.4, 0.5) is 0 Å². The topological polar surface area (TPSA) is 83.9 Å². The number of pyridine rings is 1. The molecule has 1 aliphatic rings. The number of aryl methyl sites for hydroxylation is 2. The van der Waals surface area contributed by atoms with Crippen LogP contribution >= 0.6 is 0 Å². The van der Waals surface area contributed by atoms with Crippen molar-refractivity contribution in [3.8, 4) is 0 Å². The molecule has 1 saturated heterocycles. The molecule has 1 aliphatic heterocycles. The molecule has 144 valence electrons. The molecule has 2 unspecified atom stereocenters. The lowest BCUT2D eigenvalue weighted by atomic mass is 10.1. The van der Waals surface area contributed by atoms with Crippen LogP contribution < -0.4 is 16.2 Å². The van der Waals surface area contributed by atoms with Crippen molar-refractivity contribution in [2.45, 2.75) is 39.0 Å². The summed E-state index contributed by atoms with van der Waals surface area (Å²) in [5.41, 5.74) is 11.4. The van der Waals surface area contributed by atoms with Gasteiger partial charge in [-0.3, -0.25) is 14.5 Å². The summed E-state index contributed by atoms with van der Waals surface area (Å²) in [5, 5.41) is 7.51. The first-order chi connectivity index (χ1) is 13.6. The van der Waals surface area contributed by atoms with Crippen LogP contribution in [-0.4, -0.2) is 26.8 Å². The van der Waals surface area contributed by atoms with E-state index >= 15 is 0 Å². The van der Waals surface area contributed by atoms with Gasteiger partial charge in [-0.2, -0.15) is 5.10 Å². The number of benzene rings is 1. The van der Waals surface area contributed by atoms with Gasteiger partial charge in [-0.15, -0.1) is 0 Å². The second-order valence-electron chi connectivity index (χ2n) is 7.17. The van der Waals surface area contributed by atoms with Gasteiger partial charge in [0, 0.05) is 36.1 Å². The summed E-state index contributed by atoms with van der Waals surface area (Å²) in [6, 6.07) is 13.8. The van der Waals surface area contributed by atoms with Gasteiger partial charge >= 0.3 is 0 Å². The van der Waals surface area contributed by atoms with Crippen molar-refractivity contribution in [1.29, 1.82) is 0 Å². The number of hydrazine groups is 1. The summed E-state index contributed by atoms with van der Waals surface area (Å²) in [6.07, 6.45) is 4.19. The zero-order valence-corrected chi connectivity index (χ0v) is 16.0. The fourth-order valence-electron chi connectivity index (χ4n) is 3.48. The molecule has 0 saturated carbocycles. The molecule has 1 aromatic carbocycles. The first-order valence-electron chi connectivity index (χ1n) is 9.40. The van der Waals surface area contributed by atoms with Crippen LogP contribution in [0, 0.1) is 13.8 Å². The number of amides is 1. The van der Waals surface area contributed by atoms with Gasteiger partial charge in [0.2, 0.25) is 0 Å². The quantitative estimate of drug-likeness (QED) is 0.636. The highest BCUT2D eigenvalue weighted by atomic mass is 16.1. The Kier molecular flexibility index (Phi) is 5.18. The highest BCUT2D eigenvalue weighted by molar-refractivity contribution is 5.94. The van der Waals surface area contributed by atoms with Gasteiger partial charge in [0.05, 0.1) is 18.4 Å².